The molecule has 0 amide bonds. The van der Waals surface area contributed by atoms with Crippen molar-refractivity contribution in [3.05, 3.63) is 16.4 Å². The van der Waals surface area contributed by atoms with Gasteiger partial charge in [0.2, 0.25) is 0 Å². The molecule has 5 nitrogen and oxygen atoms in total. The minimum atomic E-state index is 0.0624. The Labute approximate surface area is 116 Å². The van der Waals surface area contributed by atoms with Gasteiger partial charge in [0.15, 0.2) is 0 Å². The van der Waals surface area contributed by atoms with Gasteiger partial charge in [-0.1, -0.05) is 0 Å². The fraction of sp³-hybridized carbons (Fsp3) is 0.750. The van der Waals surface area contributed by atoms with E-state index in [2.05, 4.69) is 40.3 Å². The summed E-state index contributed by atoms with van der Waals surface area (Å²) in [6.45, 7) is 5.09. The summed E-state index contributed by atoms with van der Waals surface area (Å²) in [5.41, 5.74) is 4.00. The summed E-state index contributed by atoms with van der Waals surface area (Å²) in [5, 5.41) is 4.39. The monoisotopic (exact) mass is 316 g/mol. The normalized spacial score (nSPS) is 21.7. The molecule has 18 heavy (non-hydrogen) atoms. The van der Waals surface area contributed by atoms with E-state index in [1.54, 1.807) is 0 Å². The molecule has 0 saturated carbocycles. The maximum absolute atomic E-state index is 5.71. The van der Waals surface area contributed by atoms with Gasteiger partial charge in [0, 0.05) is 12.6 Å². The Morgan fingerprint density at radius 1 is 1.67 bits per heavy atom. The molecule has 0 aromatic carbocycles. The number of nitrogens with zero attached hydrogens (tertiary/aromatic N) is 2. The highest BCUT2D eigenvalue weighted by atomic mass is 79.9. The molecule has 1 aromatic rings. The zero-order valence-corrected chi connectivity index (χ0v) is 12.5. The first-order valence-electron chi connectivity index (χ1n) is 6.44. The first-order valence-corrected chi connectivity index (χ1v) is 7.23. The third kappa shape index (κ3) is 2.93. The van der Waals surface area contributed by atoms with Crippen LogP contribution in [0.5, 0.6) is 0 Å². The van der Waals surface area contributed by atoms with E-state index < -0.39 is 0 Å². The number of nitrogens with two attached hydrogens (primary N) is 1. The van der Waals surface area contributed by atoms with Crippen LogP contribution in [0.25, 0.3) is 0 Å². The second kappa shape index (κ2) is 6.14. The highest BCUT2D eigenvalue weighted by Crippen LogP contribution is 2.30. The van der Waals surface area contributed by atoms with Gasteiger partial charge in [-0.25, -0.2) is 0 Å². The first-order chi connectivity index (χ1) is 8.63. The van der Waals surface area contributed by atoms with Crippen molar-refractivity contribution < 1.29 is 4.74 Å². The minimum absolute atomic E-state index is 0.0624. The molecule has 6 heteroatoms. The van der Waals surface area contributed by atoms with E-state index in [0.717, 1.165) is 36.0 Å². The van der Waals surface area contributed by atoms with Gasteiger partial charge in [0.05, 0.1) is 28.5 Å². The number of hydrogen-bond acceptors (Lipinski definition) is 4. The molecule has 102 valence electrons. The molecular weight excluding hydrogens is 296 g/mol. The quantitative estimate of drug-likeness (QED) is 0.646. The number of rotatable bonds is 5. The Balaban J connectivity index is 2.17. The van der Waals surface area contributed by atoms with Crippen molar-refractivity contribution in [2.45, 2.75) is 51.3 Å². The number of hydrazine groups is 1. The Hall–Kier alpha value is -0.430. The van der Waals surface area contributed by atoms with Crippen LogP contribution in [-0.2, 0) is 4.74 Å². The van der Waals surface area contributed by atoms with E-state index in [-0.39, 0.29) is 6.04 Å². The third-order valence-corrected chi connectivity index (χ3v) is 3.94. The van der Waals surface area contributed by atoms with Crippen molar-refractivity contribution in [3.8, 4) is 0 Å². The largest absolute Gasteiger partial charge is 0.378 e. The fourth-order valence-electron chi connectivity index (χ4n) is 2.44. The van der Waals surface area contributed by atoms with Crippen LogP contribution in [-0.4, -0.2) is 22.5 Å². The van der Waals surface area contributed by atoms with Crippen LogP contribution in [0.1, 0.15) is 50.9 Å². The number of aromatic nitrogens is 2. The van der Waals surface area contributed by atoms with Crippen molar-refractivity contribution in [2.24, 2.45) is 5.84 Å². The molecule has 0 aliphatic carbocycles. The average Bonchev–Trinajstić information content (AvgIpc) is 2.95. The van der Waals surface area contributed by atoms with Crippen molar-refractivity contribution in [1.82, 2.24) is 15.2 Å². The zero-order chi connectivity index (χ0) is 13.1. The van der Waals surface area contributed by atoms with Crippen LogP contribution in [0.2, 0.25) is 0 Å². The number of ether oxygens (including phenoxy) is 1. The van der Waals surface area contributed by atoms with Crippen LogP contribution in [0.15, 0.2) is 10.7 Å². The van der Waals surface area contributed by atoms with E-state index in [0.29, 0.717) is 12.1 Å². The molecule has 1 aliphatic rings. The summed E-state index contributed by atoms with van der Waals surface area (Å²) in [6.07, 6.45) is 5.27. The molecule has 2 rings (SSSR count). The van der Waals surface area contributed by atoms with Crippen molar-refractivity contribution in [2.75, 3.05) is 6.61 Å². The number of halogens is 1. The lowest BCUT2D eigenvalue weighted by molar-refractivity contribution is 0.0933. The Morgan fingerprint density at radius 3 is 3.00 bits per heavy atom. The lowest BCUT2D eigenvalue weighted by Gasteiger charge is -2.22. The van der Waals surface area contributed by atoms with Gasteiger partial charge in [-0.2, -0.15) is 5.10 Å². The van der Waals surface area contributed by atoms with Gasteiger partial charge in [-0.15, -0.1) is 0 Å². The van der Waals surface area contributed by atoms with Crippen molar-refractivity contribution >= 4 is 15.9 Å². The smallest absolute Gasteiger partial charge is 0.0713 e. The Kier molecular flexibility index (Phi) is 4.77. The maximum Gasteiger partial charge on any atom is 0.0713 e. The Morgan fingerprint density at radius 2 is 2.44 bits per heavy atom. The van der Waals surface area contributed by atoms with Gasteiger partial charge in [0.1, 0.15) is 0 Å². The van der Waals surface area contributed by atoms with E-state index in [1.165, 1.54) is 0 Å². The average molecular weight is 317 g/mol. The molecule has 0 radical (unpaired) electrons. The molecule has 1 aromatic heterocycles. The highest BCUT2D eigenvalue weighted by molar-refractivity contribution is 9.10. The first kappa shape index (κ1) is 14.0. The van der Waals surface area contributed by atoms with E-state index >= 15 is 0 Å². The molecule has 2 unspecified atom stereocenters. The van der Waals surface area contributed by atoms with Gasteiger partial charge in [-0.3, -0.25) is 16.0 Å². The molecule has 0 spiro atoms. The van der Waals surface area contributed by atoms with E-state index in [9.17, 15) is 0 Å². The Bertz CT molecular complexity index is 387. The standard InChI is InChI=1S/C12H21BrN4O/c1-8(2)17-12(10(13)7-15-17)11(16-14)6-9-4-3-5-18-9/h7-9,11,16H,3-6,14H2,1-2H3. The topological polar surface area (TPSA) is 65.1 Å². The fourth-order valence-corrected chi connectivity index (χ4v) is 2.99. The molecular formula is C12H21BrN4O. The minimum Gasteiger partial charge on any atom is -0.378 e. The van der Waals surface area contributed by atoms with E-state index in [1.807, 2.05) is 10.9 Å². The van der Waals surface area contributed by atoms with Gasteiger partial charge in [0.25, 0.3) is 0 Å². The summed E-state index contributed by atoms with van der Waals surface area (Å²) in [4.78, 5) is 0. The molecule has 2 heterocycles. The predicted molar refractivity (Wildman–Crippen MR) is 74.0 cm³/mol. The van der Waals surface area contributed by atoms with Gasteiger partial charge >= 0.3 is 0 Å². The van der Waals surface area contributed by atoms with Crippen molar-refractivity contribution in [3.63, 3.8) is 0 Å². The summed E-state index contributed by atoms with van der Waals surface area (Å²) >= 11 is 3.56. The lowest BCUT2D eigenvalue weighted by atomic mass is 10.0. The second-order valence-electron chi connectivity index (χ2n) is 5.01. The van der Waals surface area contributed by atoms with Crippen LogP contribution >= 0.6 is 15.9 Å². The third-order valence-electron chi connectivity index (χ3n) is 3.33. The molecule has 0 bridgehead atoms. The predicted octanol–water partition coefficient (Wildman–Crippen LogP) is 2.30. The summed E-state index contributed by atoms with van der Waals surface area (Å²) in [6, 6.07) is 0.374. The number of nitrogens with one attached hydrogen (secondary N) is 1. The van der Waals surface area contributed by atoms with Crippen LogP contribution in [0.4, 0.5) is 0 Å². The van der Waals surface area contributed by atoms with Crippen LogP contribution in [0, 0.1) is 0 Å². The molecule has 3 N–H and O–H groups in total. The lowest BCUT2D eigenvalue weighted by Crippen LogP contribution is -2.33. The molecule has 1 fully saturated rings. The SMILES string of the molecule is CC(C)n1ncc(Br)c1C(CC1CCCO1)NN. The van der Waals surface area contributed by atoms with Crippen molar-refractivity contribution in [1.29, 1.82) is 0 Å². The summed E-state index contributed by atoms with van der Waals surface area (Å²) in [7, 11) is 0. The summed E-state index contributed by atoms with van der Waals surface area (Å²) < 4.78 is 8.68. The van der Waals surface area contributed by atoms with E-state index in [4.69, 9.17) is 10.6 Å². The van der Waals surface area contributed by atoms with Gasteiger partial charge in [-0.05, 0) is 49.0 Å². The summed E-state index contributed by atoms with van der Waals surface area (Å²) in [5.74, 6) is 5.71. The van der Waals surface area contributed by atoms with Crippen LogP contribution in [0.3, 0.4) is 0 Å². The van der Waals surface area contributed by atoms with Gasteiger partial charge < -0.3 is 4.74 Å². The van der Waals surface area contributed by atoms with Crippen LogP contribution < -0.4 is 11.3 Å². The maximum atomic E-state index is 5.71. The second-order valence-corrected chi connectivity index (χ2v) is 5.86. The highest BCUT2D eigenvalue weighted by Gasteiger charge is 2.26. The zero-order valence-electron chi connectivity index (χ0n) is 10.9. The molecule has 1 saturated heterocycles. The molecule has 1 aliphatic heterocycles. The molecule has 2 atom stereocenters. The number of hydrogen-bond donors (Lipinski definition) is 2.